The van der Waals surface area contributed by atoms with Gasteiger partial charge in [0.15, 0.2) is 0 Å². The fourth-order valence-corrected chi connectivity index (χ4v) is 6.23. The number of carbonyl (C=O) groups is 1. The quantitative estimate of drug-likeness (QED) is 0.386. The van der Waals surface area contributed by atoms with Crippen LogP contribution in [0, 0.1) is 6.92 Å². The maximum atomic E-state index is 13.3. The van der Waals surface area contributed by atoms with Crippen molar-refractivity contribution in [3.63, 3.8) is 0 Å². The maximum Gasteiger partial charge on any atom is 0.324 e. The second-order valence-electron chi connectivity index (χ2n) is 5.90. The van der Waals surface area contributed by atoms with Gasteiger partial charge in [0.1, 0.15) is 11.8 Å². The predicted molar refractivity (Wildman–Crippen MR) is 99.9 cm³/mol. The van der Waals surface area contributed by atoms with E-state index in [1.807, 2.05) is 6.92 Å². The molecule has 0 aliphatic carbocycles. The second-order valence-corrected chi connectivity index (χ2v) is 9.34. The molecule has 6 nitrogen and oxygen atoms in total. The first-order valence-corrected chi connectivity index (χ1v) is 10.4. The zero-order valence-corrected chi connectivity index (χ0v) is 16.7. The van der Waals surface area contributed by atoms with Gasteiger partial charge in [-0.15, -0.1) is 0 Å². The van der Waals surface area contributed by atoms with Gasteiger partial charge >= 0.3 is 5.97 Å². The van der Waals surface area contributed by atoms with Crippen LogP contribution in [0.1, 0.15) is 23.8 Å². The van der Waals surface area contributed by atoms with Gasteiger partial charge in [0.25, 0.3) is 0 Å². The number of esters is 1. The molecule has 0 unspecified atom stereocenters. The van der Waals surface area contributed by atoms with Gasteiger partial charge in [-0.3, -0.25) is 4.79 Å². The van der Waals surface area contributed by atoms with Crippen LogP contribution in [-0.4, -0.2) is 35.8 Å². The lowest BCUT2D eigenvalue weighted by Crippen LogP contribution is -2.42. The molecule has 0 spiro atoms. The van der Waals surface area contributed by atoms with E-state index in [0.717, 1.165) is 5.56 Å². The molecule has 0 amide bonds. The van der Waals surface area contributed by atoms with Gasteiger partial charge < -0.3 is 9.15 Å². The van der Waals surface area contributed by atoms with Crippen molar-refractivity contribution in [2.45, 2.75) is 34.2 Å². The number of methoxy groups -OCH3 is 1. The molecule has 3 rings (SSSR count). The molecule has 0 N–H and O–H groups in total. The van der Waals surface area contributed by atoms with E-state index < -0.39 is 28.1 Å². The Bertz CT molecular complexity index is 848. The molecule has 0 saturated carbocycles. The van der Waals surface area contributed by atoms with Crippen molar-refractivity contribution in [3.05, 3.63) is 54.0 Å². The minimum Gasteiger partial charge on any atom is -0.468 e. The number of alkyl halides is 1. The zero-order valence-electron chi connectivity index (χ0n) is 13.8. The van der Waals surface area contributed by atoms with Gasteiger partial charge in [0, 0.05) is 3.92 Å². The van der Waals surface area contributed by atoms with Gasteiger partial charge in [-0.25, -0.2) is 8.42 Å². The molecule has 1 aliphatic heterocycles. The summed E-state index contributed by atoms with van der Waals surface area (Å²) in [6, 6.07) is 8.57. The highest BCUT2D eigenvalue weighted by Gasteiger charge is 2.52. The van der Waals surface area contributed by atoms with Gasteiger partial charge in [-0.05, 0) is 37.6 Å². The Hall–Kier alpha value is -1.39. The highest BCUT2D eigenvalue weighted by molar-refractivity contribution is 14.1. The van der Waals surface area contributed by atoms with Crippen LogP contribution >= 0.6 is 22.6 Å². The Morgan fingerprint density at radius 1 is 1.28 bits per heavy atom. The summed E-state index contributed by atoms with van der Waals surface area (Å²) >= 11 is 2.17. The van der Waals surface area contributed by atoms with E-state index in [9.17, 15) is 13.2 Å². The van der Waals surface area contributed by atoms with Gasteiger partial charge in [0.05, 0.1) is 24.3 Å². The molecule has 1 aromatic heterocycles. The van der Waals surface area contributed by atoms with Gasteiger partial charge in [-0.2, -0.15) is 4.31 Å². The van der Waals surface area contributed by atoms with Crippen molar-refractivity contribution in [2.75, 3.05) is 7.11 Å². The smallest absolute Gasteiger partial charge is 0.324 e. The van der Waals surface area contributed by atoms with Gasteiger partial charge in [-0.1, -0.05) is 40.3 Å². The molecule has 1 aliphatic rings. The monoisotopic (exact) mass is 475 g/mol. The number of sulfonamides is 1. The minimum absolute atomic E-state index is 0.118. The third-order valence-electron chi connectivity index (χ3n) is 4.28. The molecule has 1 aromatic carbocycles. The number of ether oxygens (including phenoxy) is 1. The number of hydrogen-bond donors (Lipinski definition) is 0. The van der Waals surface area contributed by atoms with Crippen molar-refractivity contribution in [1.82, 2.24) is 4.31 Å². The largest absolute Gasteiger partial charge is 0.468 e. The lowest BCUT2D eigenvalue weighted by atomic mass is 10.1. The average Bonchev–Trinajstić information content (AvgIpc) is 3.21. The number of furan rings is 1. The van der Waals surface area contributed by atoms with Crippen LogP contribution in [0.2, 0.25) is 0 Å². The summed E-state index contributed by atoms with van der Waals surface area (Å²) in [7, 11) is -2.63. The topological polar surface area (TPSA) is 76.8 Å². The Morgan fingerprint density at radius 2 is 1.96 bits per heavy atom. The Kier molecular flexibility index (Phi) is 5.21. The number of halogens is 1. The summed E-state index contributed by atoms with van der Waals surface area (Å²) in [5.74, 6) is -0.0482. The molecule has 1 saturated heterocycles. The molecule has 0 radical (unpaired) electrons. The number of nitrogens with zero attached hydrogens (tertiary/aromatic N) is 1. The van der Waals surface area contributed by atoms with E-state index in [2.05, 4.69) is 22.6 Å². The van der Waals surface area contributed by atoms with Crippen LogP contribution in [0.3, 0.4) is 0 Å². The van der Waals surface area contributed by atoms with Crippen molar-refractivity contribution in [1.29, 1.82) is 0 Å². The molecule has 25 heavy (non-hydrogen) atoms. The molecule has 0 bridgehead atoms. The molecule has 134 valence electrons. The van der Waals surface area contributed by atoms with Crippen molar-refractivity contribution < 1.29 is 22.4 Å². The molecule has 8 heteroatoms. The van der Waals surface area contributed by atoms with E-state index in [1.165, 1.54) is 17.7 Å². The summed E-state index contributed by atoms with van der Waals surface area (Å²) in [5, 5.41) is 0. The minimum atomic E-state index is -3.90. The zero-order chi connectivity index (χ0) is 18.2. The molecule has 3 atom stereocenters. The lowest BCUT2D eigenvalue weighted by Gasteiger charge is -2.27. The van der Waals surface area contributed by atoms with Crippen LogP contribution in [0.4, 0.5) is 0 Å². The molecular weight excluding hydrogens is 457 g/mol. The van der Waals surface area contributed by atoms with Crippen molar-refractivity contribution in [2.24, 2.45) is 0 Å². The fourth-order valence-electron chi connectivity index (χ4n) is 3.05. The summed E-state index contributed by atoms with van der Waals surface area (Å²) in [5.41, 5.74) is 0.958. The number of benzene rings is 1. The standard InChI is InChI=1S/C17H18INO5S/c1-11-5-7-12(8-6-11)25(21,22)19-14(17(20)23-2)10-13(18)16(19)15-4-3-9-24-15/h3-9,13-14,16H,10H2,1-2H3/t13-,14+,16-/m1/s1. The summed E-state index contributed by atoms with van der Waals surface area (Å²) in [6.07, 6.45) is 1.87. The van der Waals surface area contributed by atoms with E-state index >= 15 is 0 Å². The molecule has 2 aromatic rings. The summed E-state index contributed by atoms with van der Waals surface area (Å²) in [4.78, 5) is 12.4. The van der Waals surface area contributed by atoms with E-state index in [-0.39, 0.29) is 8.82 Å². The third-order valence-corrected chi connectivity index (χ3v) is 7.37. The van der Waals surface area contributed by atoms with Gasteiger partial charge in [0.2, 0.25) is 10.0 Å². The fraction of sp³-hybridized carbons (Fsp3) is 0.353. The maximum absolute atomic E-state index is 13.3. The number of aryl methyl sites for hydroxylation is 1. The third kappa shape index (κ3) is 3.34. The van der Waals surface area contributed by atoms with Crippen molar-refractivity contribution >= 4 is 38.6 Å². The Balaban J connectivity index is 2.11. The number of carbonyl (C=O) groups excluding carboxylic acids is 1. The molecular formula is C17H18INO5S. The SMILES string of the molecule is COC(=O)[C@@H]1C[C@@H](I)[C@H](c2ccco2)N1S(=O)(=O)c1ccc(C)cc1. The highest BCUT2D eigenvalue weighted by Crippen LogP contribution is 2.44. The van der Waals surface area contributed by atoms with Crippen LogP contribution in [0.25, 0.3) is 0 Å². The first kappa shape index (κ1) is 18.4. The molecule has 2 heterocycles. The first-order valence-electron chi connectivity index (χ1n) is 7.71. The lowest BCUT2D eigenvalue weighted by molar-refractivity contribution is -0.144. The number of rotatable bonds is 4. The summed E-state index contributed by atoms with van der Waals surface area (Å²) < 4.78 is 38.0. The highest BCUT2D eigenvalue weighted by atomic mass is 127. The predicted octanol–water partition coefficient (Wildman–Crippen LogP) is 3.07. The summed E-state index contributed by atoms with van der Waals surface area (Å²) in [6.45, 7) is 1.88. The second kappa shape index (κ2) is 7.08. The Morgan fingerprint density at radius 3 is 2.52 bits per heavy atom. The van der Waals surface area contributed by atoms with Crippen molar-refractivity contribution in [3.8, 4) is 0 Å². The first-order chi connectivity index (χ1) is 11.9. The van der Waals surface area contributed by atoms with E-state index in [4.69, 9.17) is 9.15 Å². The van der Waals surface area contributed by atoms with Crippen LogP contribution in [0.5, 0.6) is 0 Å². The van der Waals surface area contributed by atoms with Crippen LogP contribution in [0.15, 0.2) is 52.0 Å². The van der Waals surface area contributed by atoms with E-state index in [1.54, 1.807) is 36.4 Å². The molecule has 1 fully saturated rings. The van der Waals surface area contributed by atoms with Crippen LogP contribution in [-0.2, 0) is 19.6 Å². The Labute approximate surface area is 160 Å². The number of hydrogen-bond acceptors (Lipinski definition) is 5. The van der Waals surface area contributed by atoms with E-state index in [0.29, 0.717) is 12.2 Å². The van der Waals surface area contributed by atoms with Crippen LogP contribution < -0.4 is 0 Å². The average molecular weight is 475 g/mol. The normalized spacial score (nSPS) is 24.4.